The molecule has 0 fully saturated rings. The average Bonchev–Trinajstić information content (AvgIpc) is 2.74. The molecule has 7 heteroatoms. The third kappa shape index (κ3) is 7.74. The van der Waals surface area contributed by atoms with E-state index >= 15 is 0 Å². The average molecular weight is 481 g/mol. The van der Waals surface area contributed by atoms with Crippen LogP contribution in [-0.4, -0.2) is 34.6 Å². The van der Waals surface area contributed by atoms with Gasteiger partial charge in [-0.3, -0.25) is 9.59 Å². The van der Waals surface area contributed by atoms with Crippen LogP contribution in [0.2, 0.25) is 10.0 Å². The minimum atomic E-state index is -0.563. The first kappa shape index (κ1) is 25.6. The number of benzene rings is 2. The van der Waals surface area contributed by atoms with E-state index in [2.05, 4.69) is 5.32 Å². The third-order valence-electron chi connectivity index (χ3n) is 5.25. The number of rotatable bonds is 10. The van der Waals surface area contributed by atoms with Crippen molar-refractivity contribution in [2.45, 2.75) is 58.5 Å². The van der Waals surface area contributed by atoms with E-state index in [0.29, 0.717) is 22.3 Å². The minimum Gasteiger partial charge on any atom is -0.352 e. The molecule has 0 heterocycles. The molecule has 0 unspecified atom stereocenters. The molecule has 31 heavy (non-hydrogen) atoms. The normalized spacial score (nSPS) is 12.8. The number of amides is 2. The van der Waals surface area contributed by atoms with Gasteiger partial charge in [-0.25, -0.2) is 0 Å². The molecule has 0 aliphatic rings. The van der Waals surface area contributed by atoms with Crippen molar-refractivity contribution in [1.29, 1.82) is 0 Å². The zero-order valence-electron chi connectivity index (χ0n) is 18.5. The molecular weight excluding hydrogens is 451 g/mol. The van der Waals surface area contributed by atoms with Gasteiger partial charge in [-0.2, -0.15) is 0 Å². The lowest BCUT2D eigenvalue weighted by molar-refractivity contribution is -0.138. The van der Waals surface area contributed by atoms with Crippen LogP contribution in [0, 0.1) is 6.92 Å². The van der Waals surface area contributed by atoms with Crippen molar-refractivity contribution in [3.05, 3.63) is 69.2 Å². The van der Waals surface area contributed by atoms with Crippen molar-refractivity contribution < 1.29 is 9.59 Å². The monoisotopic (exact) mass is 480 g/mol. The van der Waals surface area contributed by atoms with Gasteiger partial charge in [0, 0.05) is 18.3 Å². The Kier molecular flexibility index (Phi) is 10.2. The molecule has 2 atom stereocenters. The summed E-state index contributed by atoms with van der Waals surface area (Å²) in [6.45, 7) is 8.18. The van der Waals surface area contributed by atoms with Gasteiger partial charge in [0.2, 0.25) is 11.8 Å². The predicted octanol–water partition coefficient (Wildman–Crippen LogP) is 5.87. The van der Waals surface area contributed by atoms with Gasteiger partial charge in [0.05, 0.1) is 15.8 Å². The lowest BCUT2D eigenvalue weighted by Crippen LogP contribution is -2.50. The number of nitrogens with one attached hydrogen (secondary N) is 1. The van der Waals surface area contributed by atoms with Gasteiger partial charge in [0.1, 0.15) is 6.04 Å². The topological polar surface area (TPSA) is 49.4 Å². The van der Waals surface area contributed by atoms with E-state index in [1.807, 2.05) is 57.2 Å². The Hall–Kier alpha value is -1.69. The molecule has 1 N–H and O–H groups in total. The fourth-order valence-corrected chi connectivity index (χ4v) is 4.17. The number of hydrogen-bond acceptors (Lipinski definition) is 3. The number of nitrogens with zero attached hydrogens (tertiary/aromatic N) is 1. The molecule has 0 aliphatic heterocycles. The Labute approximate surface area is 199 Å². The number of halogens is 2. The first-order valence-electron chi connectivity index (χ1n) is 10.4. The summed E-state index contributed by atoms with van der Waals surface area (Å²) in [7, 11) is 0. The maximum Gasteiger partial charge on any atom is 0.242 e. The fraction of sp³-hybridized carbons (Fsp3) is 0.417. The highest BCUT2D eigenvalue weighted by molar-refractivity contribution is 7.99. The molecule has 2 amide bonds. The summed E-state index contributed by atoms with van der Waals surface area (Å²) in [5, 5.41) is 4.01. The van der Waals surface area contributed by atoms with Crippen LogP contribution >= 0.6 is 35.0 Å². The van der Waals surface area contributed by atoms with Gasteiger partial charge in [0.15, 0.2) is 0 Å². The molecule has 4 nitrogen and oxygen atoms in total. The van der Waals surface area contributed by atoms with Crippen LogP contribution in [0.25, 0.3) is 0 Å². The van der Waals surface area contributed by atoms with E-state index in [1.54, 1.807) is 17.9 Å². The standard InChI is InChI=1S/C24H30Cl2N2O2S/c1-5-17(3)27-24(30)18(4)28(13-20-9-7-6-8-16(20)2)23(29)15-31-14-19-10-11-21(25)22(26)12-19/h6-12,17-18H,5,13-15H2,1-4H3,(H,27,30)/t17-,18-/m1/s1. The second kappa shape index (κ2) is 12.4. The highest BCUT2D eigenvalue weighted by atomic mass is 35.5. The molecule has 2 aromatic rings. The van der Waals surface area contributed by atoms with Crippen molar-refractivity contribution in [3.63, 3.8) is 0 Å². The highest BCUT2D eigenvalue weighted by Gasteiger charge is 2.27. The van der Waals surface area contributed by atoms with E-state index in [9.17, 15) is 9.59 Å². The van der Waals surface area contributed by atoms with Gasteiger partial charge >= 0.3 is 0 Å². The van der Waals surface area contributed by atoms with Crippen LogP contribution in [0.4, 0.5) is 0 Å². The SMILES string of the molecule is CC[C@@H](C)NC(=O)[C@@H](C)N(Cc1ccccc1C)C(=O)CSCc1ccc(Cl)c(Cl)c1. The maximum absolute atomic E-state index is 13.1. The summed E-state index contributed by atoms with van der Waals surface area (Å²) >= 11 is 13.5. The molecule has 0 aromatic heterocycles. The van der Waals surface area contributed by atoms with E-state index in [4.69, 9.17) is 23.2 Å². The predicted molar refractivity (Wildman–Crippen MR) is 132 cm³/mol. The van der Waals surface area contributed by atoms with Crippen LogP contribution < -0.4 is 5.32 Å². The number of thioether (sulfide) groups is 1. The second-order valence-electron chi connectivity index (χ2n) is 7.68. The number of aryl methyl sites for hydroxylation is 1. The van der Waals surface area contributed by atoms with E-state index in [1.165, 1.54) is 11.8 Å². The Bertz CT molecular complexity index is 907. The number of carbonyl (C=O) groups is 2. The highest BCUT2D eigenvalue weighted by Crippen LogP contribution is 2.25. The summed E-state index contributed by atoms with van der Waals surface area (Å²) in [4.78, 5) is 27.6. The molecule has 2 aromatic carbocycles. The van der Waals surface area contributed by atoms with Crippen molar-refractivity contribution in [1.82, 2.24) is 10.2 Å². The maximum atomic E-state index is 13.1. The molecule has 0 aliphatic carbocycles. The summed E-state index contributed by atoms with van der Waals surface area (Å²) in [6, 6.07) is 12.9. The lowest BCUT2D eigenvalue weighted by atomic mass is 10.1. The van der Waals surface area contributed by atoms with Gasteiger partial charge in [-0.15, -0.1) is 11.8 Å². The minimum absolute atomic E-state index is 0.0643. The molecule has 168 valence electrons. The first-order chi connectivity index (χ1) is 14.7. The van der Waals surface area contributed by atoms with Crippen LogP contribution in [0.1, 0.15) is 43.9 Å². The van der Waals surface area contributed by atoms with Gasteiger partial charge in [0.25, 0.3) is 0 Å². The van der Waals surface area contributed by atoms with Crippen LogP contribution in [-0.2, 0) is 21.9 Å². The zero-order chi connectivity index (χ0) is 23.0. The van der Waals surface area contributed by atoms with Crippen molar-refractivity contribution >= 4 is 46.8 Å². The Morgan fingerprint density at radius 2 is 1.81 bits per heavy atom. The van der Waals surface area contributed by atoms with Gasteiger partial charge < -0.3 is 10.2 Å². The molecule has 0 spiro atoms. The second-order valence-corrected chi connectivity index (χ2v) is 9.48. The Balaban J connectivity index is 2.10. The van der Waals surface area contributed by atoms with Gasteiger partial charge in [-0.1, -0.05) is 60.5 Å². The zero-order valence-corrected chi connectivity index (χ0v) is 20.8. The third-order valence-corrected chi connectivity index (χ3v) is 6.98. The van der Waals surface area contributed by atoms with Crippen molar-refractivity contribution in [2.75, 3.05) is 5.75 Å². The molecular formula is C24H30Cl2N2O2S. The van der Waals surface area contributed by atoms with Crippen LogP contribution in [0.15, 0.2) is 42.5 Å². The fourth-order valence-electron chi connectivity index (χ4n) is 2.99. The summed E-state index contributed by atoms with van der Waals surface area (Å²) in [5.74, 6) is 0.701. The molecule has 2 rings (SSSR count). The Morgan fingerprint density at radius 3 is 2.45 bits per heavy atom. The van der Waals surface area contributed by atoms with E-state index in [0.717, 1.165) is 23.1 Å². The Morgan fingerprint density at radius 1 is 1.10 bits per heavy atom. The molecule has 0 radical (unpaired) electrons. The summed E-state index contributed by atoms with van der Waals surface area (Å²) < 4.78 is 0. The molecule has 0 bridgehead atoms. The van der Waals surface area contributed by atoms with Crippen LogP contribution in [0.3, 0.4) is 0 Å². The van der Waals surface area contributed by atoms with Gasteiger partial charge in [-0.05, 0) is 56.0 Å². The number of hydrogen-bond donors (Lipinski definition) is 1. The number of carbonyl (C=O) groups excluding carboxylic acids is 2. The molecule has 0 saturated carbocycles. The summed E-state index contributed by atoms with van der Waals surface area (Å²) in [5.41, 5.74) is 3.13. The summed E-state index contributed by atoms with van der Waals surface area (Å²) in [6.07, 6.45) is 0.837. The van der Waals surface area contributed by atoms with E-state index in [-0.39, 0.29) is 23.6 Å². The lowest BCUT2D eigenvalue weighted by Gasteiger charge is -2.30. The largest absolute Gasteiger partial charge is 0.352 e. The first-order valence-corrected chi connectivity index (χ1v) is 12.3. The smallest absolute Gasteiger partial charge is 0.242 e. The van der Waals surface area contributed by atoms with Crippen molar-refractivity contribution in [3.8, 4) is 0 Å². The molecule has 0 saturated heterocycles. The van der Waals surface area contributed by atoms with Crippen molar-refractivity contribution in [2.24, 2.45) is 0 Å². The van der Waals surface area contributed by atoms with Crippen LogP contribution in [0.5, 0.6) is 0 Å². The quantitative estimate of drug-likeness (QED) is 0.462. The van der Waals surface area contributed by atoms with E-state index < -0.39 is 6.04 Å².